The summed E-state index contributed by atoms with van der Waals surface area (Å²) in [6.45, 7) is 7.55. The summed E-state index contributed by atoms with van der Waals surface area (Å²) < 4.78 is 20.2. The molecular weight excluding hydrogens is 399 g/mol. The Morgan fingerprint density at radius 1 is 1.19 bits per heavy atom. The fraction of sp³-hybridized carbons (Fsp3) is 0.304. The van der Waals surface area contributed by atoms with Gasteiger partial charge in [0.15, 0.2) is 0 Å². The van der Waals surface area contributed by atoms with E-state index < -0.39 is 5.60 Å². The number of hydrogen-bond donors (Lipinski definition) is 0. The summed E-state index contributed by atoms with van der Waals surface area (Å²) in [7, 11) is 0. The van der Waals surface area contributed by atoms with Crippen LogP contribution in [0.15, 0.2) is 42.5 Å². The first-order valence-corrected chi connectivity index (χ1v) is 9.95. The lowest BCUT2D eigenvalue weighted by Crippen LogP contribution is -2.41. The Kier molecular flexibility index (Phi) is 5.08. The number of ether oxygens (including phenoxy) is 1. The summed E-state index contributed by atoms with van der Waals surface area (Å²) in [4.78, 5) is 25.8. The van der Waals surface area contributed by atoms with Crippen molar-refractivity contribution in [1.29, 1.82) is 0 Å². The molecule has 31 heavy (non-hydrogen) atoms. The summed E-state index contributed by atoms with van der Waals surface area (Å²) in [5.41, 5.74) is 3.80. The molecule has 0 unspecified atom stereocenters. The third-order valence-electron chi connectivity index (χ3n) is 5.21. The monoisotopic (exact) mass is 422 g/mol. The lowest BCUT2D eigenvalue weighted by molar-refractivity contribution is -0.154. The molecule has 0 N–H and O–H groups in total. The van der Waals surface area contributed by atoms with Crippen LogP contribution in [0, 0.1) is 12.7 Å². The number of carbonyl (C=O) groups excluding carboxylic acids is 2. The molecule has 7 nitrogen and oxygen atoms in total. The Bertz CT molecular complexity index is 1170. The number of fused-ring (bicyclic) bond motifs is 1. The SMILES string of the molecule is CC(=O)OC(C)(C)CN1Cc2cc(-c3nnn(-c4ccc(F)cc4)c3C)ccc2C1=O. The molecule has 1 amide bonds. The molecule has 8 heteroatoms. The zero-order valence-corrected chi connectivity index (χ0v) is 17.8. The molecule has 2 aromatic carbocycles. The molecule has 0 radical (unpaired) electrons. The van der Waals surface area contributed by atoms with Crippen molar-refractivity contribution in [2.45, 2.75) is 39.8 Å². The van der Waals surface area contributed by atoms with Crippen molar-refractivity contribution in [2.75, 3.05) is 6.54 Å². The van der Waals surface area contributed by atoms with Gasteiger partial charge in [-0.2, -0.15) is 0 Å². The van der Waals surface area contributed by atoms with E-state index >= 15 is 0 Å². The molecule has 0 aliphatic carbocycles. The normalized spacial score (nSPS) is 13.5. The lowest BCUT2D eigenvalue weighted by atomic mass is 10.0. The van der Waals surface area contributed by atoms with Gasteiger partial charge in [-0.05, 0) is 62.7 Å². The van der Waals surface area contributed by atoms with E-state index in [9.17, 15) is 14.0 Å². The average Bonchev–Trinajstić information content (AvgIpc) is 3.21. The van der Waals surface area contributed by atoms with Crippen LogP contribution in [0.1, 0.15) is 42.4 Å². The van der Waals surface area contributed by atoms with E-state index in [0.29, 0.717) is 30.0 Å². The van der Waals surface area contributed by atoms with E-state index in [4.69, 9.17) is 4.74 Å². The first-order chi connectivity index (χ1) is 14.6. The Morgan fingerprint density at radius 3 is 2.58 bits per heavy atom. The van der Waals surface area contributed by atoms with Crippen molar-refractivity contribution in [3.8, 4) is 16.9 Å². The molecule has 1 aromatic heterocycles. The van der Waals surface area contributed by atoms with Gasteiger partial charge in [0.05, 0.1) is 17.9 Å². The number of rotatable bonds is 5. The van der Waals surface area contributed by atoms with E-state index in [2.05, 4.69) is 10.3 Å². The number of hydrogen-bond acceptors (Lipinski definition) is 5. The largest absolute Gasteiger partial charge is 0.458 e. The first-order valence-electron chi connectivity index (χ1n) is 9.95. The molecule has 1 aliphatic rings. The zero-order valence-electron chi connectivity index (χ0n) is 17.8. The van der Waals surface area contributed by atoms with Gasteiger partial charge in [-0.3, -0.25) is 9.59 Å². The molecule has 160 valence electrons. The predicted octanol–water partition coefficient (Wildman–Crippen LogP) is 3.68. The van der Waals surface area contributed by atoms with Crippen molar-refractivity contribution in [3.63, 3.8) is 0 Å². The molecular formula is C23H23FN4O3. The van der Waals surface area contributed by atoms with E-state index in [-0.39, 0.29) is 17.7 Å². The lowest BCUT2D eigenvalue weighted by Gasteiger charge is -2.29. The molecule has 2 heterocycles. The number of esters is 1. The smallest absolute Gasteiger partial charge is 0.303 e. The highest BCUT2D eigenvalue weighted by Crippen LogP contribution is 2.30. The summed E-state index contributed by atoms with van der Waals surface area (Å²) in [5, 5.41) is 8.51. The van der Waals surface area contributed by atoms with Crippen molar-refractivity contribution in [1.82, 2.24) is 19.9 Å². The van der Waals surface area contributed by atoms with Crippen LogP contribution < -0.4 is 0 Å². The molecule has 0 bridgehead atoms. The van der Waals surface area contributed by atoms with Gasteiger partial charge in [-0.1, -0.05) is 11.3 Å². The third kappa shape index (κ3) is 4.05. The molecule has 0 saturated heterocycles. The van der Waals surface area contributed by atoms with Gasteiger partial charge in [-0.15, -0.1) is 5.10 Å². The van der Waals surface area contributed by atoms with Crippen LogP contribution in [0.4, 0.5) is 4.39 Å². The van der Waals surface area contributed by atoms with Gasteiger partial charge >= 0.3 is 5.97 Å². The summed E-state index contributed by atoms with van der Waals surface area (Å²) in [6, 6.07) is 11.6. The van der Waals surface area contributed by atoms with Crippen molar-refractivity contribution in [2.24, 2.45) is 0 Å². The van der Waals surface area contributed by atoms with Crippen LogP contribution >= 0.6 is 0 Å². The minimum absolute atomic E-state index is 0.0894. The van der Waals surface area contributed by atoms with Gasteiger partial charge in [0.1, 0.15) is 17.1 Å². The maximum atomic E-state index is 13.2. The highest BCUT2D eigenvalue weighted by atomic mass is 19.1. The van der Waals surface area contributed by atoms with Crippen LogP contribution in [0.5, 0.6) is 0 Å². The van der Waals surface area contributed by atoms with Crippen LogP contribution in [0.2, 0.25) is 0 Å². The first kappa shape index (κ1) is 20.7. The maximum absolute atomic E-state index is 13.2. The Balaban J connectivity index is 1.59. The van der Waals surface area contributed by atoms with Crippen molar-refractivity contribution in [3.05, 3.63) is 65.1 Å². The molecule has 4 rings (SSSR count). The quantitative estimate of drug-likeness (QED) is 0.586. The molecule has 3 aromatic rings. The average molecular weight is 422 g/mol. The second kappa shape index (κ2) is 7.61. The molecule has 0 fully saturated rings. The fourth-order valence-corrected chi connectivity index (χ4v) is 3.96. The zero-order chi connectivity index (χ0) is 22.3. The Labute approximate surface area is 179 Å². The van der Waals surface area contributed by atoms with Crippen molar-refractivity contribution < 1.29 is 18.7 Å². The second-order valence-electron chi connectivity index (χ2n) is 8.30. The number of amides is 1. The number of benzene rings is 2. The van der Waals surface area contributed by atoms with E-state index in [1.165, 1.54) is 19.1 Å². The highest BCUT2D eigenvalue weighted by Gasteiger charge is 2.33. The number of nitrogens with zero attached hydrogens (tertiary/aromatic N) is 4. The maximum Gasteiger partial charge on any atom is 0.303 e. The minimum atomic E-state index is -0.777. The van der Waals surface area contributed by atoms with Crippen LogP contribution in [-0.4, -0.2) is 43.9 Å². The number of aromatic nitrogens is 3. The fourth-order valence-electron chi connectivity index (χ4n) is 3.96. The van der Waals surface area contributed by atoms with Crippen LogP contribution in [-0.2, 0) is 16.1 Å². The molecule has 0 saturated carbocycles. The number of halogens is 1. The van der Waals surface area contributed by atoms with Crippen LogP contribution in [0.3, 0.4) is 0 Å². The van der Waals surface area contributed by atoms with Gasteiger partial charge in [0.25, 0.3) is 5.91 Å². The standard InChI is InChI=1S/C23H23FN4O3/c1-14-21(25-26-28(14)19-8-6-18(24)7-9-19)16-5-10-20-17(11-16)12-27(22(20)30)13-23(3,4)31-15(2)29/h5-11H,12-13H2,1-4H3. The predicted molar refractivity (Wildman–Crippen MR) is 112 cm³/mol. The molecule has 1 aliphatic heterocycles. The topological polar surface area (TPSA) is 77.3 Å². The van der Waals surface area contributed by atoms with Gasteiger partial charge in [0.2, 0.25) is 0 Å². The van der Waals surface area contributed by atoms with Crippen molar-refractivity contribution >= 4 is 11.9 Å². The van der Waals surface area contributed by atoms with E-state index in [1.54, 1.807) is 41.6 Å². The Morgan fingerprint density at radius 2 is 1.90 bits per heavy atom. The second-order valence-corrected chi connectivity index (χ2v) is 8.30. The van der Waals surface area contributed by atoms with Crippen LogP contribution in [0.25, 0.3) is 16.9 Å². The summed E-state index contributed by atoms with van der Waals surface area (Å²) >= 11 is 0. The van der Waals surface area contributed by atoms with Gasteiger partial charge < -0.3 is 9.64 Å². The van der Waals surface area contributed by atoms with E-state index in [0.717, 1.165) is 16.8 Å². The summed E-state index contributed by atoms with van der Waals surface area (Å²) in [5.74, 6) is -0.781. The van der Waals surface area contributed by atoms with Gasteiger partial charge in [-0.25, -0.2) is 9.07 Å². The van der Waals surface area contributed by atoms with Gasteiger partial charge in [0, 0.05) is 24.6 Å². The van der Waals surface area contributed by atoms with E-state index in [1.807, 2.05) is 19.1 Å². The molecule has 0 spiro atoms. The molecule has 0 atom stereocenters. The third-order valence-corrected chi connectivity index (χ3v) is 5.21. The highest BCUT2D eigenvalue weighted by molar-refractivity contribution is 5.99. The Hall–Kier alpha value is -3.55. The minimum Gasteiger partial charge on any atom is -0.458 e. The number of carbonyl (C=O) groups is 2. The summed E-state index contributed by atoms with van der Waals surface area (Å²) in [6.07, 6.45) is 0.